The van der Waals surface area contributed by atoms with Crippen LogP contribution in [0.4, 0.5) is 8.78 Å². The van der Waals surface area contributed by atoms with Crippen LogP contribution in [0.25, 0.3) is 0 Å². The van der Waals surface area contributed by atoms with Crippen LogP contribution >= 0.6 is 0 Å². The maximum atomic E-state index is 11.5. The minimum atomic E-state index is -2.34. The van der Waals surface area contributed by atoms with Crippen LogP contribution in [0.3, 0.4) is 0 Å². The summed E-state index contributed by atoms with van der Waals surface area (Å²) in [5.74, 6) is 0. The molecule has 0 rings (SSSR count). The van der Waals surface area contributed by atoms with Crippen molar-refractivity contribution in [1.29, 1.82) is 0 Å². The maximum absolute atomic E-state index is 11.5. The van der Waals surface area contributed by atoms with Gasteiger partial charge < -0.3 is 0 Å². The predicted molar refractivity (Wildman–Crippen MR) is 30.0 cm³/mol. The van der Waals surface area contributed by atoms with E-state index in [1.54, 1.807) is 0 Å². The molecule has 0 saturated carbocycles. The minimum Gasteiger partial charge on any atom is -0.205 e. The first-order chi connectivity index (χ1) is 3.68. The number of alkyl halides is 2. The second-order valence-electron chi connectivity index (χ2n) is 1.45. The minimum absolute atomic E-state index is 0.0556. The lowest BCUT2D eigenvalue weighted by molar-refractivity contribution is 0.190. The van der Waals surface area contributed by atoms with Crippen LogP contribution in [0.2, 0.25) is 0 Å². The quantitative estimate of drug-likeness (QED) is 0.488. The Balaban J connectivity index is 3.78. The standard InChI is InChI=1S/C6H8F2/c1-3-4-5(2)6(7)8/h3-4,6H,1H2,2H3/b5-4+. The van der Waals surface area contributed by atoms with Crippen molar-refractivity contribution in [2.75, 3.05) is 0 Å². The molecular weight excluding hydrogens is 110 g/mol. The van der Waals surface area contributed by atoms with Crippen molar-refractivity contribution < 1.29 is 8.78 Å². The van der Waals surface area contributed by atoms with Gasteiger partial charge in [-0.05, 0) is 12.5 Å². The number of allylic oxidation sites excluding steroid dienone is 3. The van der Waals surface area contributed by atoms with Crippen molar-refractivity contribution in [3.63, 3.8) is 0 Å². The van der Waals surface area contributed by atoms with E-state index in [0.717, 1.165) is 0 Å². The molecule has 0 aliphatic carbocycles. The zero-order valence-electron chi connectivity index (χ0n) is 4.70. The molecule has 0 bridgehead atoms. The fourth-order valence-corrected chi connectivity index (χ4v) is 0.259. The first-order valence-electron chi connectivity index (χ1n) is 2.26. The summed E-state index contributed by atoms with van der Waals surface area (Å²) in [6.07, 6.45) is 0.305. The lowest BCUT2D eigenvalue weighted by Gasteiger charge is -1.92. The van der Waals surface area contributed by atoms with E-state index in [1.165, 1.54) is 19.1 Å². The monoisotopic (exact) mass is 118 g/mol. The van der Waals surface area contributed by atoms with Crippen LogP contribution < -0.4 is 0 Å². The second kappa shape index (κ2) is 3.36. The second-order valence-corrected chi connectivity index (χ2v) is 1.45. The van der Waals surface area contributed by atoms with Crippen LogP contribution in [0.15, 0.2) is 24.3 Å². The van der Waals surface area contributed by atoms with Gasteiger partial charge in [-0.1, -0.05) is 18.7 Å². The summed E-state index contributed by atoms with van der Waals surface area (Å²) in [5, 5.41) is 0. The highest BCUT2D eigenvalue weighted by molar-refractivity contribution is 5.09. The van der Waals surface area contributed by atoms with Crippen LogP contribution in [0.5, 0.6) is 0 Å². The molecule has 0 aromatic heterocycles. The van der Waals surface area contributed by atoms with E-state index in [2.05, 4.69) is 6.58 Å². The van der Waals surface area contributed by atoms with E-state index < -0.39 is 6.43 Å². The van der Waals surface area contributed by atoms with Crippen LogP contribution in [-0.4, -0.2) is 6.43 Å². The van der Waals surface area contributed by atoms with E-state index >= 15 is 0 Å². The van der Waals surface area contributed by atoms with Gasteiger partial charge in [0, 0.05) is 0 Å². The number of hydrogen-bond acceptors (Lipinski definition) is 0. The Morgan fingerprint density at radius 3 is 2.25 bits per heavy atom. The summed E-state index contributed by atoms with van der Waals surface area (Å²) in [5.41, 5.74) is 0.0556. The van der Waals surface area contributed by atoms with Crippen LogP contribution in [0.1, 0.15) is 6.92 Å². The zero-order valence-corrected chi connectivity index (χ0v) is 4.70. The molecule has 0 aromatic carbocycles. The van der Waals surface area contributed by atoms with E-state index in [4.69, 9.17) is 0 Å². The van der Waals surface area contributed by atoms with E-state index in [-0.39, 0.29) is 5.57 Å². The molecule has 46 valence electrons. The molecule has 0 nitrogen and oxygen atoms in total. The Bertz CT molecular complexity index is 103. The lowest BCUT2D eigenvalue weighted by atomic mass is 10.3. The van der Waals surface area contributed by atoms with Gasteiger partial charge >= 0.3 is 0 Å². The molecule has 0 spiro atoms. The van der Waals surface area contributed by atoms with Gasteiger partial charge in [0.25, 0.3) is 6.43 Å². The first kappa shape index (κ1) is 7.34. The molecule has 0 radical (unpaired) electrons. The van der Waals surface area contributed by atoms with Gasteiger partial charge in [0.2, 0.25) is 0 Å². The third-order valence-electron chi connectivity index (χ3n) is 0.725. The summed E-state index contributed by atoms with van der Waals surface area (Å²) in [6, 6.07) is 0. The highest BCUT2D eigenvalue weighted by Gasteiger charge is 2.01. The Morgan fingerprint density at radius 2 is 2.12 bits per heavy atom. The Kier molecular flexibility index (Phi) is 3.08. The zero-order chi connectivity index (χ0) is 6.57. The molecule has 8 heavy (non-hydrogen) atoms. The van der Waals surface area contributed by atoms with Gasteiger partial charge in [0.05, 0.1) is 0 Å². The number of hydrogen-bond donors (Lipinski definition) is 0. The molecule has 0 aliphatic rings. The Labute approximate surface area is 47.5 Å². The van der Waals surface area contributed by atoms with Crippen molar-refractivity contribution in [3.8, 4) is 0 Å². The fourth-order valence-electron chi connectivity index (χ4n) is 0.259. The third-order valence-corrected chi connectivity index (χ3v) is 0.725. The largest absolute Gasteiger partial charge is 0.259 e. The lowest BCUT2D eigenvalue weighted by Crippen LogP contribution is -1.89. The normalized spacial score (nSPS) is 12.2. The highest BCUT2D eigenvalue weighted by Crippen LogP contribution is 2.05. The van der Waals surface area contributed by atoms with Gasteiger partial charge in [-0.15, -0.1) is 0 Å². The highest BCUT2D eigenvalue weighted by atomic mass is 19.3. The summed E-state index contributed by atoms with van der Waals surface area (Å²) >= 11 is 0. The van der Waals surface area contributed by atoms with Gasteiger partial charge in [-0.25, -0.2) is 8.78 Å². The van der Waals surface area contributed by atoms with Gasteiger partial charge in [0.15, 0.2) is 0 Å². The Hall–Kier alpha value is -0.660. The molecule has 0 saturated heterocycles. The van der Waals surface area contributed by atoms with Crippen molar-refractivity contribution >= 4 is 0 Å². The van der Waals surface area contributed by atoms with E-state index in [9.17, 15) is 8.78 Å². The molecule has 0 atom stereocenters. The number of halogens is 2. The molecular formula is C6H8F2. The molecule has 0 fully saturated rings. The SMILES string of the molecule is C=C/C=C(\C)C(F)F. The van der Waals surface area contributed by atoms with Crippen molar-refractivity contribution in [1.82, 2.24) is 0 Å². The summed E-state index contributed by atoms with van der Waals surface area (Å²) in [4.78, 5) is 0. The van der Waals surface area contributed by atoms with Gasteiger partial charge in [0.1, 0.15) is 0 Å². The smallest absolute Gasteiger partial charge is 0.205 e. The first-order valence-corrected chi connectivity index (χ1v) is 2.26. The summed E-state index contributed by atoms with van der Waals surface area (Å²) in [6.45, 7) is 4.64. The molecule has 0 heterocycles. The van der Waals surface area contributed by atoms with Crippen molar-refractivity contribution in [3.05, 3.63) is 24.3 Å². The van der Waals surface area contributed by atoms with E-state index in [0.29, 0.717) is 0 Å². The summed E-state index contributed by atoms with van der Waals surface area (Å²) < 4.78 is 23.0. The molecule has 0 amide bonds. The molecule has 0 aliphatic heterocycles. The van der Waals surface area contributed by atoms with Crippen molar-refractivity contribution in [2.45, 2.75) is 13.3 Å². The van der Waals surface area contributed by atoms with Gasteiger partial charge in [-0.3, -0.25) is 0 Å². The molecule has 2 heteroatoms. The summed E-state index contributed by atoms with van der Waals surface area (Å²) in [7, 11) is 0. The van der Waals surface area contributed by atoms with Crippen LogP contribution in [0, 0.1) is 0 Å². The molecule has 0 unspecified atom stereocenters. The topological polar surface area (TPSA) is 0 Å². The van der Waals surface area contributed by atoms with Crippen LogP contribution in [-0.2, 0) is 0 Å². The third kappa shape index (κ3) is 2.50. The average molecular weight is 118 g/mol. The fraction of sp³-hybridized carbons (Fsp3) is 0.333. The van der Waals surface area contributed by atoms with E-state index in [1.807, 2.05) is 0 Å². The van der Waals surface area contributed by atoms with Crippen molar-refractivity contribution in [2.24, 2.45) is 0 Å². The number of rotatable bonds is 2. The maximum Gasteiger partial charge on any atom is 0.259 e. The predicted octanol–water partition coefficient (Wildman–Crippen LogP) is 2.38. The molecule has 0 N–H and O–H groups in total. The Morgan fingerprint density at radius 1 is 1.62 bits per heavy atom. The average Bonchev–Trinajstić information content (AvgIpc) is 1.67. The van der Waals surface area contributed by atoms with Gasteiger partial charge in [-0.2, -0.15) is 0 Å². The molecule has 0 aromatic rings.